The number of halogens is 3. The summed E-state index contributed by atoms with van der Waals surface area (Å²) in [6.45, 7) is 1.67. The van der Waals surface area contributed by atoms with Crippen molar-refractivity contribution in [1.82, 2.24) is 4.98 Å². The number of nitrogen functional groups attached to an aromatic ring is 1. The summed E-state index contributed by atoms with van der Waals surface area (Å²) < 4.78 is 42.9. The van der Waals surface area contributed by atoms with E-state index in [1.807, 2.05) is 6.07 Å². The predicted octanol–water partition coefficient (Wildman–Crippen LogP) is 3.66. The molecule has 0 aliphatic heterocycles. The number of nitrogens with two attached hydrogens (primary N) is 1. The number of nitriles is 1. The zero-order valence-electron chi connectivity index (χ0n) is 10.9. The van der Waals surface area contributed by atoms with Gasteiger partial charge in [-0.15, -0.1) is 0 Å². The zero-order chi connectivity index (χ0) is 15.6. The number of alkyl halides is 3. The van der Waals surface area contributed by atoms with Crippen LogP contribution < -0.4 is 10.5 Å². The number of nitrogens with zero attached hydrogens (tertiary/aromatic N) is 2. The van der Waals surface area contributed by atoms with Crippen LogP contribution in [0.3, 0.4) is 0 Å². The highest BCUT2D eigenvalue weighted by atomic mass is 19.4. The second-order valence-electron chi connectivity index (χ2n) is 4.30. The Labute approximate surface area is 118 Å². The lowest BCUT2D eigenvalue weighted by Gasteiger charge is -2.11. The molecule has 21 heavy (non-hydrogen) atoms. The minimum absolute atomic E-state index is 0.0463. The van der Waals surface area contributed by atoms with Crippen LogP contribution in [0.15, 0.2) is 30.3 Å². The molecule has 0 spiro atoms. The molecule has 2 rings (SSSR count). The van der Waals surface area contributed by atoms with Gasteiger partial charge in [-0.1, -0.05) is 0 Å². The number of aryl methyl sites for hydroxylation is 1. The second kappa shape index (κ2) is 5.32. The summed E-state index contributed by atoms with van der Waals surface area (Å²) in [5.41, 5.74) is 5.42. The number of anilines is 1. The van der Waals surface area contributed by atoms with E-state index < -0.39 is 11.7 Å². The van der Waals surface area contributed by atoms with Gasteiger partial charge in [-0.05, 0) is 31.2 Å². The van der Waals surface area contributed by atoms with Gasteiger partial charge in [-0.3, -0.25) is 0 Å². The van der Waals surface area contributed by atoms with E-state index in [9.17, 15) is 13.2 Å². The lowest BCUT2D eigenvalue weighted by molar-refractivity contribution is -0.137. The maximum atomic E-state index is 12.5. The van der Waals surface area contributed by atoms with Gasteiger partial charge in [0.1, 0.15) is 0 Å². The number of rotatable bonds is 2. The average Bonchev–Trinajstić information content (AvgIpc) is 2.39. The van der Waals surface area contributed by atoms with Crippen LogP contribution >= 0.6 is 0 Å². The fourth-order valence-corrected chi connectivity index (χ4v) is 1.69. The third-order valence-corrected chi connectivity index (χ3v) is 2.61. The Balaban J connectivity index is 2.33. The average molecular weight is 293 g/mol. The summed E-state index contributed by atoms with van der Waals surface area (Å²) in [6.07, 6.45) is -4.47. The molecule has 1 aromatic carbocycles. The van der Waals surface area contributed by atoms with Crippen LogP contribution in [0.1, 0.15) is 16.8 Å². The van der Waals surface area contributed by atoms with Crippen molar-refractivity contribution in [2.45, 2.75) is 13.1 Å². The molecule has 0 saturated carbocycles. The number of hydrogen-bond donors (Lipinski definition) is 1. The Morgan fingerprint density at radius 2 is 1.95 bits per heavy atom. The molecule has 1 heterocycles. The van der Waals surface area contributed by atoms with Gasteiger partial charge in [0.25, 0.3) is 0 Å². The highest BCUT2D eigenvalue weighted by Gasteiger charge is 2.31. The topological polar surface area (TPSA) is 71.9 Å². The highest BCUT2D eigenvalue weighted by molar-refractivity contribution is 5.56. The fourth-order valence-electron chi connectivity index (χ4n) is 1.69. The first-order valence-electron chi connectivity index (χ1n) is 5.83. The Kier molecular flexibility index (Phi) is 3.72. The van der Waals surface area contributed by atoms with E-state index in [2.05, 4.69) is 4.98 Å². The first kappa shape index (κ1) is 14.7. The van der Waals surface area contributed by atoms with Gasteiger partial charge < -0.3 is 10.5 Å². The number of hydrogen-bond acceptors (Lipinski definition) is 4. The molecule has 0 aliphatic rings. The van der Waals surface area contributed by atoms with Gasteiger partial charge >= 0.3 is 6.18 Å². The van der Waals surface area contributed by atoms with Crippen molar-refractivity contribution >= 4 is 5.69 Å². The van der Waals surface area contributed by atoms with E-state index in [0.717, 1.165) is 18.2 Å². The third kappa shape index (κ3) is 3.42. The SMILES string of the molecule is Cc1cc(C#N)cc(Oc2ccc(C(F)(F)F)cc2N)n1. The molecule has 108 valence electrons. The minimum atomic E-state index is -4.47. The monoisotopic (exact) mass is 293 g/mol. The molecule has 7 heteroatoms. The van der Waals surface area contributed by atoms with Crippen molar-refractivity contribution in [2.75, 3.05) is 5.73 Å². The van der Waals surface area contributed by atoms with Crippen LogP contribution in [0.25, 0.3) is 0 Å². The van der Waals surface area contributed by atoms with Crippen LogP contribution in [-0.4, -0.2) is 4.98 Å². The van der Waals surface area contributed by atoms with Crippen LogP contribution in [0.4, 0.5) is 18.9 Å². The number of ether oxygens (including phenoxy) is 1. The molecule has 0 bridgehead atoms. The van der Waals surface area contributed by atoms with Crippen LogP contribution in [-0.2, 0) is 6.18 Å². The van der Waals surface area contributed by atoms with E-state index >= 15 is 0 Å². The molecule has 2 aromatic rings. The van der Waals surface area contributed by atoms with Gasteiger partial charge in [-0.2, -0.15) is 18.4 Å². The van der Waals surface area contributed by atoms with Gasteiger partial charge in [0, 0.05) is 11.8 Å². The number of pyridine rings is 1. The summed E-state index contributed by atoms with van der Waals surface area (Å²) in [6, 6.07) is 7.65. The quantitative estimate of drug-likeness (QED) is 0.858. The third-order valence-electron chi connectivity index (χ3n) is 2.61. The fraction of sp³-hybridized carbons (Fsp3) is 0.143. The maximum Gasteiger partial charge on any atom is 0.416 e. The molecule has 0 aliphatic carbocycles. The zero-order valence-corrected chi connectivity index (χ0v) is 10.9. The van der Waals surface area contributed by atoms with E-state index in [1.54, 1.807) is 13.0 Å². The molecule has 0 fully saturated rings. The Morgan fingerprint density at radius 1 is 1.24 bits per heavy atom. The van der Waals surface area contributed by atoms with Gasteiger partial charge in [0.05, 0.1) is 22.9 Å². The molecule has 0 unspecified atom stereocenters. The summed E-state index contributed by atoms with van der Waals surface area (Å²) >= 11 is 0. The Hall–Kier alpha value is -2.75. The maximum absolute atomic E-state index is 12.5. The Bertz CT molecular complexity index is 720. The second-order valence-corrected chi connectivity index (χ2v) is 4.30. The summed E-state index contributed by atoms with van der Waals surface area (Å²) in [5.74, 6) is 0.142. The van der Waals surface area contributed by atoms with Crippen molar-refractivity contribution in [3.05, 3.63) is 47.2 Å². The standard InChI is InChI=1S/C14H10F3N3O/c1-8-4-9(7-18)5-13(20-8)21-12-3-2-10(6-11(12)19)14(15,16)17/h2-6H,19H2,1H3. The lowest BCUT2D eigenvalue weighted by atomic mass is 10.2. The largest absolute Gasteiger partial charge is 0.437 e. The first-order valence-corrected chi connectivity index (χ1v) is 5.83. The lowest BCUT2D eigenvalue weighted by Crippen LogP contribution is -2.06. The van der Waals surface area contributed by atoms with Gasteiger partial charge in [0.15, 0.2) is 5.75 Å². The van der Waals surface area contributed by atoms with Crippen molar-refractivity contribution in [3.8, 4) is 17.7 Å². The molecular weight excluding hydrogens is 283 g/mol. The van der Waals surface area contributed by atoms with E-state index in [-0.39, 0.29) is 17.3 Å². The minimum Gasteiger partial charge on any atom is -0.437 e. The van der Waals surface area contributed by atoms with Crippen molar-refractivity contribution < 1.29 is 17.9 Å². The van der Waals surface area contributed by atoms with E-state index in [4.69, 9.17) is 15.7 Å². The van der Waals surface area contributed by atoms with Crippen LogP contribution in [0, 0.1) is 18.3 Å². The number of aromatic nitrogens is 1. The van der Waals surface area contributed by atoms with E-state index in [1.165, 1.54) is 6.07 Å². The summed E-state index contributed by atoms with van der Waals surface area (Å²) in [5, 5.41) is 8.85. The molecule has 0 atom stereocenters. The highest BCUT2D eigenvalue weighted by Crippen LogP contribution is 2.35. The normalized spacial score (nSPS) is 11.0. The predicted molar refractivity (Wildman–Crippen MR) is 69.6 cm³/mol. The molecule has 0 amide bonds. The van der Waals surface area contributed by atoms with Crippen molar-refractivity contribution in [3.63, 3.8) is 0 Å². The number of benzene rings is 1. The molecule has 0 saturated heterocycles. The first-order chi connectivity index (χ1) is 9.79. The van der Waals surface area contributed by atoms with E-state index in [0.29, 0.717) is 11.3 Å². The van der Waals surface area contributed by atoms with Crippen molar-refractivity contribution in [2.24, 2.45) is 0 Å². The van der Waals surface area contributed by atoms with Crippen LogP contribution in [0.2, 0.25) is 0 Å². The molecule has 1 aromatic heterocycles. The molecular formula is C14H10F3N3O. The summed E-state index contributed by atoms with van der Waals surface area (Å²) in [4.78, 5) is 4.04. The molecule has 0 radical (unpaired) electrons. The van der Waals surface area contributed by atoms with Gasteiger partial charge in [0.2, 0.25) is 5.88 Å². The smallest absolute Gasteiger partial charge is 0.416 e. The van der Waals surface area contributed by atoms with Crippen molar-refractivity contribution in [1.29, 1.82) is 5.26 Å². The summed E-state index contributed by atoms with van der Waals surface area (Å²) in [7, 11) is 0. The van der Waals surface area contributed by atoms with Gasteiger partial charge in [-0.25, -0.2) is 4.98 Å². The Morgan fingerprint density at radius 3 is 2.52 bits per heavy atom. The van der Waals surface area contributed by atoms with Crippen LogP contribution in [0.5, 0.6) is 11.6 Å². The molecule has 4 nitrogen and oxygen atoms in total. The molecule has 2 N–H and O–H groups in total.